The van der Waals surface area contributed by atoms with Gasteiger partial charge in [0.1, 0.15) is 11.6 Å². The molecule has 2 rings (SSSR count). The highest BCUT2D eigenvalue weighted by molar-refractivity contribution is 7.98. The van der Waals surface area contributed by atoms with Crippen LogP contribution in [0.4, 0.5) is 11.6 Å². The van der Waals surface area contributed by atoms with Crippen molar-refractivity contribution in [2.24, 2.45) is 17.7 Å². The first-order valence-corrected chi connectivity index (χ1v) is 8.02. The molecule has 5 nitrogen and oxygen atoms in total. The number of nitrogens with one attached hydrogen (secondary N) is 2. The van der Waals surface area contributed by atoms with Crippen molar-refractivity contribution in [2.75, 3.05) is 17.0 Å². The van der Waals surface area contributed by atoms with Crippen LogP contribution in [0, 0.1) is 11.8 Å². The van der Waals surface area contributed by atoms with Gasteiger partial charge >= 0.3 is 0 Å². The highest BCUT2D eigenvalue weighted by atomic mass is 32.2. The van der Waals surface area contributed by atoms with Crippen LogP contribution in [-0.2, 0) is 0 Å². The molecule has 0 bridgehead atoms. The number of thioether (sulfide) groups is 1. The van der Waals surface area contributed by atoms with E-state index in [4.69, 9.17) is 5.84 Å². The molecule has 106 valence electrons. The van der Waals surface area contributed by atoms with Crippen LogP contribution in [0.3, 0.4) is 0 Å². The van der Waals surface area contributed by atoms with E-state index in [9.17, 15) is 0 Å². The standard InChI is InChI=1S/C13H23N5S/c1-8-5-4-6-10(9(8)2)15-11-7-12(18-14)17-13(16-11)19-3/h7-10H,4-6,14H2,1-3H3,(H2,15,16,17,18). The van der Waals surface area contributed by atoms with Crippen molar-refractivity contribution in [3.05, 3.63) is 6.07 Å². The number of nitrogens with two attached hydrogens (primary N) is 1. The molecule has 19 heavy (non-hydrogen) atoms. The van der Waals surface area contributed by atoms with Gasteiger partial charge in [-0.1, -0.05) is 38.5 Å². The molecule has 6 heteroatoms. The van der Waals surface area contributed by atoms with Crippen molar-refractivity contribution in [2.45, 2.75) is 44.3 Å². The number of nitrogen functional groups attached to an aromatic ring is 1. The molecule has 0 aromatic carbocycles. The number of hydrazine groups is 1. The quantitative estimate of drug-likeness (QED) is 0.341. The molecule has 0 spiro atoms. The van der Waals surface area contributed by atoms with Gasteiger partial charge in [-0.2, -0.15) is 0 Å². The van der Waals surface area contributed by atoms with Gasteiger partial charge in [-0.3, -0.25) is 0 Å². The Bertz CT molecular complexity index is 403. The maximum absolute atomic E-state index is 5.45. The maximum atomic E-state index is 5.45. The summed E-state index contributed by atoms with van der Waals surface area (Å²) in [5.74, 6) is 8.39. The SMILES string of the molecule is CSc1nc(NN)cc(NC2CCCC(C)C2C)n1. The van der Waals surface area contributed by atoms with Crippen molar-refractivity contribution < 1.29 is 0 Å². The molecule has 1 fully saturated rings. The predicted octanol–water partition coefficient (Wildman–Crippen LogP) is 2.72. The maximum Gasteiger partial charge on any atom is 0.191 e. The fraction of sp³-hybridized carbons (Fsp3) is 0.692. The molecule has 1 heterocycles. The number of anilines is 2. The van der Waals surface area contributed by atoms with Crippen LogP contribution in [0.2, 0.25) is 0 Å². The van der Waals surface area contributed by atoms with Crippen LogP contribution in [-0.4, -0.2) is 22.3 Å². The number of hydrogen-bond acceptors (Lipinski definition) is 6. The Morgan fingerprint density at radius 2 is 2.00 bits per heavy atom. The van der Waals surface area contributed by atoms with E-state index in [1.165, 1.54) is 31.0 Å². The van der Waals surface area contributed by atoms with E-state index in [2.05, 4.69) is 34.6 Å². The summed E-state index contributed by atoms with van der Waals surface area (Å²) in [7, 11) is 0. The first kappa shape index (κ1) is 14.4. The van der Waals surface area contributed by atoms with Crippen LogP contribution in [0.25, 0.3) is 0 Å². The Kier molecular flexibility index (Phi) is 4.87. The van der Waals surface area contributed by atoms with E-state index in [1.54, 1.807) is 0 Å². The smallest absolute Gasteiger partial charge is 0.191 e. The van der Waals surface area contributed by atoms with Gasteiger partial charge in [0.2, 0.25) is 0 Å². The van der Waals surface area contributed by atoms with E-state index < -0.39 is 0 Å². The molecule has 0 radical (unpaired) electrons. The lowest BCUT2D eigenvalue weighted by atomic mass is 9.78. The minimum Gasteiger partial charge on any atom is -0.367 e. The Balaban J connectivity index is 2.13. The molecule has 0 amide bonds. The summed E-state index contributed by atoms with van der Waals surface area (Å²) in [6.45, 7) is 4.65. The topological polar surface area (TPSA) is 75.9 Å². The van der Waals surface area contributed by atoms with Crippen molar-refractivity contribution in [1.29, 1.82) is 0 Å². The van der Waals surface area contributed by atoms with Crippen molar-refractivity contribution in [3.8, 4) is 0 Å². The van der Waals surface area contributed by atoms with Gasteiger partial charge in [-0.15, -0.1) is 0 Å². The van der Waals surface area contributed by atoms with Crippen LogP contribution in [0.15, 0.2) is 11.2 Å². The lowest BCUT2D eigenvalue weighted by Crippen LogP contribution is -2.35. The summed E-state index contributed by atoms with van der Waals surface area (Å²) >= 11 is 1.52. The second-order valence-electron chi connectivity index (χ2n) is 5.29. The molecule has 1 aromatic rings. The van der Waals surface area contributed by atoms with Gasteiger partial charge in [0.25, 0.3) is 0 Å². The Morgan fingerprint density at radius 3 is 2.68 bits per heavy atom. The fourth-order valence-corrected chi connectivity index (χ4v) is 3.02. The first-order valence-electron chi connectivity index (χ1n) is 6.80. The highest BCUT2D eigenvalue weighted by Crippen LogP contribution is 2.31. The van der Waals surface area contributed by atoms with Gasteiger partial charge in [0.05, 0.1) is 0 Å². The summed E-state index contributed by atoms with van der Waals surface area (Å²) < 4.78 is 0. The molecule has 1 aromatic heterocycles. The summed E-state index contributed by atoms with van der Waals surface area (Å²) in [4.78, 5) is 8.77. The van der Waals surface area contributed by atoms with Gasteiger partial charge < -0.3 is 10.7 Å². The van der Waals surface area contributed by atoms with Crippen molar-refractivity contribution >= 4 is 23.4 Å². The zero-order valence-electron chi connectivity index (χ0n) is 11.8. The van der Waals surface area contributed by atoms with Crippen molar-refractivity contribution in [1.82, 2.24) is 9.97 Å². The number of aromatic nitrogens is 2. The number of rotatable bonds is 4. The molecule has 0 saturated heterocycles. The Hall–Kier alpha value is -1.01. The van der Waals surface area contributed by atoms with Crippen LogP contribution >= 0.6 is 11.8 Å². The van der Waals surface area contributed by atoms with Crippen LogP contribution < -0.4 is 16.6 Å². The molecular weight excluding hydrogens is 258 g/mol. The fourth-order valence-electron chi connectivity index (χ4n) is 2.64. The zero-order valence-corrected chi connectivity index (χ0v) is 12.6. The first-order chi connectivity index (χ1) is 9.13. The van der Waals surface area contributed by atoms with Gasteiger partial charge in [0.15, 0.2) is 5.16 Å². The molecular formula is C13H23N5S. The molecule has 3 unspecified atom stereocenters. The predicted molar refractivity (Wildman–Crippen MR) is 81.2 cm³/mol. The molecule has 4 N–H and O–H groups in total. The minimum absolute atomic E-state index is 0.485. The van der Waals surface area contributed by atoms with Crippen LogP contribution in [0.1, 0.15) is 33.1 Å². The molecule has 0 aliphatic heterocycles. The molecule has 3 atom stereocenters. The highest BCUT2D eigenvalue weighted by Gasteiger charge is 2.27. The monoisotopic (exact) mass is 281 g/mol. The summed E-state index contributed by atoms with van der Waals surface area (Å²) in [5, 5.41) is 4.28. The summed E-state index contributed by atoms with van der Waals surface area (Å²) in [6, 6.07) is 2.35. The molecule has 1 saturated carbocycles. The number of nitrogens with zero attached hydrogens (tertiary/aromatic N) is 2. The average molecular weight is 281 g/mol. The lowest BCUT2D eigenvalue weighted by molar-refractivity contribution is 0.253. The Labute approximate surface area is 119 Å². The van der Waals surface area contributed by atoms with Gasteiger partial charge in [0, 0.05) is 12.1 Å². The van der Waals surface area contributed by atoms with E-state index >= 15 is 0 Å². The normalized spacial score (nSPS) is 27.1. The molecule has 1 aliphatic carbocycles. The van der Waals surface area contributed by atoms with E-state index in [0.717, 1.165) is 16.9 Å². The third kappa shape index (κ3) is 3.51. The zero-order chi connectivity index (χ0) is 13.8. The van der Waals surface area contributed by atoms with E-state index in [-0.39, 0.29) is 0 Å². The number of hydrogen-bond donors (Lipinski definition) is 3. The van der Waals surface area contributed by atoms with E-state index in [1.807, 2.05) is 12.3 Å². The summed E-state index contributed by atoms with van der Waals surface area (Å²) in [6.07, 6.45) is 5.78. The van der Waals surface area contributed by atoms with Gasteiger partial charge in [-0.05, 0) is 24.5 Å². The minimum atomic E-state index is 0.485. The second kappa shape index (κ2) is 6.43. The second-order valence-corrected chi connectivity index (χ2v) is 6.06. The third-order valence-electron chi connectivity index (χ3n) is 4.08. The van der Waals surface area contributed by atoms with E-state index in [0.29, 0.717) is 17.8 Å². The van der Waals surface area contributed by atoms with Crippen molar-refractivity contribution in [3.63, 3.8) is 0 Å². The summed E-state index contributed by atoms with van der Waals surface area (Å²) in [5.41, 5.74) is 2.59. The molecule has 1 aliphatic rings. The lowest BCUT2D eigenvalue weighted by Gasteiger charge is -2.35. The van der Waals surface area contributed by atoms with Gasteiger partial charge in [-0.25, -0.2) is 15.8 Å². The third-order valence-corrected chi connectivity index (χ3v) is 4.62. The average Bonchev–Trinajstić information content (AvgIpc) is 2.43. The van der Waals surface area contributed by atoms with Crippen LogP contribution in [0.5, 0.6) is 0 Å². The Morgan fingerprint density at radius 1 is 1.26 bits per heavy atom. The largest absolute Gasteiger partial charge is 0.367 e.